The third-order valence-electron chi connectivity index (χ3n) is 4.14. The highest BCUT2D eigenvalue weighted by Crippen LogP contribution is 2.33. The van der Waals surface area contributed by atoms with Crippen LogP contribution in [0.5, 0.6) is 5.75 Å². The number of ether oxygens (including phenoxy) is 1. The Balaban J connectivity index is 1.98. The molecule has 1 heterocycles. The molecule has 3 rings (SSSR count). The molecular formula is C19H17F2N3O2S. The van der Waals surface area contributed by atoms with Crippen LogP contribution in [0.3, 0.4) is 0 Å². The van der Waals surface area contributed by atoms with Crippen LogP contribution in [-0.2, 0) is 4.79 Å². The van der Waals surface area contributed by atoms with Crippen LogP contribution in [0.2, 0.25) is 0 Å². The number of halogens is 2. The van der Waals surface area contributed by atoms with Gasteiger partial charge in [-0.05, 0) is 37.3 Å². The molecule has 0 aliphatic carbocycles. The van der Waals surface area contributed by atoms with Crippen molar-refractivity contribution < 1.29 is 18.3 Å². The normalized spacial score (nSPS) is 16.4. The van der Waals surface area contributed by atoms with Crippen molar-refractivity contribution in [3.8, 4) is 5.75 Å². The van der Waals surface area contributed by atoms with Gasteiger partial charge >= 0.3 is 0 Å². The highest BCUT2D eigenvalue weighted by Gasteiger charge is 2.31. The number of allylic oxidation sites excluding steroid dienone is 1. The standard InChI is InChI=1S/C19H17F2N3O2S/c1-10-16(18(25)23-11-7-8-13(20)14(21)9-11)17(24-19(27)22-10)12-5-3-4-6-15(12)26-2/h3-9,17H,1-2H3,(H,23,25)(H2,22,24,27)/t17-/m1/s1. The molecule has 1 atom stereocenters. The molecule has 5 nitrogen and oxygen atoms in total. The third kappa shape index (κ3) is 3.90. The van der Waals surface area contributed by atoms with E-state index in [0.717, 1.165) is 17.7 Å². The lowest BCUT2D eigenvalue weighted by Crippen LogP contribution is -2.45. The van der Waals surface area contributed by atoms with E-state index in [1.165, 1.54) is 13.2 Å². The zero-order valence-corrected chi connectivity index (χ0v) is 15.4. The van der Waals surface area contributed by atoms with Crippen molar-refractivity contribution in [3.05, 3.63) is 70.9 Å². The van der Waals surface area contributed by atoms with Gasteiger partial charge in [0, 0.05) is 23.0 Å². The van der Waals surface area contributed by atoms with Gasteiger partial charge in [-0.1, -0.05) is 18.2 Å². The van der Waals surface area contributed by atoms with Crippen LogP contribution in [0.25, 0.3) is 0 Å². The number of carbonyl (C=O) groups excluding carboxylic acids is 1. The topological polar surface area (TPSA) is 62.4 Å². The van der Waals surface area contributed by atoms with E-state index < -0.39 is 23.6 Å². The summed E-state index contributed by atoms with van der Waals surface area (Å²) in [6.07, 6.45) is 0. The summed E-state index contributed by atoms with van der Waals surface area (Å²) in [6, 6.07) is 9.85. The maximum atomic E-state index is 13.4. The van der Waals surface area contributed by atoms with E-state index in [2.05, 4.69) is 16.0 Å². The van der Waals surface area contributed by atoms with Crippen LogP contribution in [0.4, 0.5) is 14.5 Å². The van der Waals surface area contributed by atoms with Gasteiger partial charge < -0.3 is 20.7 Å². The molecule has 1 aliphatic rings. The van der Waals surface area contributed by atoms with Gasteiger partial charge in [0.15, 0.2) is 16.7 Å². The summed E-state index contributed by atoms with van der Waals surface area (Å²) in [6.45, 7) is 1.72. The molecule has 1 amide bonds. The zero-order chi connectivity index (χ0) is 19.6. The first-order chi connectivity index (χ1) is 12.9. The zero-order valence-electron chi connectivity index (χ0n) is 14.6. The third-order valence-corrected chi connectivity index (χ3v) is 4.36. The van der Waals surface area contributed by atoms with Crippen molar-refractivity contribution in [1.29, 1.82) is 0 Å². The fraction of sp³-hybridized carbons (Fsp3) is 0.158. The van der Waals surface area contributed by atoms with Gasteiger partial charge in [-0.2, -0.15) is 0 Å². The van der Waals surface area contributed by atoms with Gasteiger partial charge in [0.25, 0.3) is 5.91 Å². The Morgan fingerprint density at radius 1 is 1.19 bits per heavy atom. The second-order valence-corrected chi connectivity index (χ2v) is 6.30. The van der Waals surface area contributed by atoms with E-state index in [1.807, 2.05) is 18.2 Å². The van der Waals surface area contributed by atoms with Crippen molar-refractivity contribution in [3.63, 3.8) is 0 Å². The number of thiocarbonyl (C=S) groups is 1. The lowest BCUT2D eigenvalue weighted by Gasteiger charge is -2.31. The second kappa shape index (κ2) is 7.71. The molecule has 0 unspecified atom stereocenters. The number of carbonyl (C=O) groups is 1. The highest BCUT2D eigenvalue weighted by atomic mass is 32.1. The molecular weight excluding hydrogens is 372 g/mol. The van der Waals surface area contributed by atoms with Gasteiger partial charge in [0.2, 0.25) is 0 Å². The van der Waals surface area contributed by atoms with Crippen LogP contribution in [0.1, 0.15) is 18.5 Å². The molecule has 2 aromatic rings. The maximum Gasteiger partial charge on any atom is 0.255 e. The summed E-state index contributed by atoms with van der Waals surface area (Å²) in [5.41, 5.74) is 1.78. The Bertz CT molecular complexity index is 946. The van der Waals surface area contributed by atoms with Crippen LogP contribution >= 0.6 is 12.2 Å². The Morgan fingerprint density at radius 2 is 1.93 bits per heavy atom. The molecule has 0 saturated heterocycles. The SMILES string of the molecule is COc1ccccc1[C@H]1NC(=S)NC(C)=C1C(=O)Nc1ccc(F)c(F)c1. The van der Waals surface area contributed by atoms with E-state index in [0.29, 0.717) is 22.1 Å². The fourth-order valence-corrected chi connectivity index (χ4v) is 3.18. The smallest absolute Gasteiger partial charge is 0.255 e. The van der Waals surface area contributed by atoms with Crippen molar-refractivity contribution >= 4 is 28.9 Å². The van der Waals surface area contributed by atoms with Gasteiger partial charge in [-0.25, -0.2) is 8.78 Å². The first-order valence-electron chi connectivity index (χ1n) is 8.08. The van der Waals surface area contributed by atoms with Crippen molar-refractivity contribution in [2.24, 2.45) is 0 Å². The molecule has 1 aliphatic heterocycles. The molecule has 0 radical (unpaired) electrons. The molecule has 0 spiro atoms. The number of rotatable bonds is 4. The van der Waals surface area contributed by atoms with E-state index in [4.69, 9.17) is 17.0 Å². The Morgan fingerprint density at radius 3 is 2.63 bits per heavy atom. The number of nitrogens with one attached hydrogen (secondary N) is 3. The first-order valence-corrected chi connectivity index (χ1v) is 8.49. The molecule has 8 heteroatoms. The summed E-state index contributed by atoms with van der Waals surface area (Å²) in [4.78, 5) is 12.9. The summed E-state index contributed by atoms with van der Waals surface area (Å²) < 4.78 is 32.0. The molecule has 3 N–H and O–H groups in total. The molecule has 0 aromatic heterocycles. The lowest BCUT2D eigenvalue weighted by molar-refractivity contribution is -0.113. The minimum atomic E-state index is -1.04. The Hall–Kier alpha value is -3.00. The molecule has 0 saturated carbocycles. The monoisotopic (exact) mass is 389 g/mol. The molecule has 2 aromatic carbocycles. The lowest BCUT2D eigenvalue weighted by atomic mass is 9.94. The van der Waals surface area contributed by atoms with Gasteiger partial charge in [0.05, 0.1) is 18.7 Å². The van der Waals surface area contributed by atoms with Crippen molar-refractivity contribution in [2.75, 3.05) is 12.4 Å². The number of hydrogen-bond donors (Lipinski definition) is 3. The molecule has 0 bridgehead atoms. The minimum Gasteiger partial charge on any atom is -0.496 e. The number of para-hydroxylation sites is 1. The average molecular weight is 389 g/mol. The number of methoxy groups -OCH3 is 1. The maximum absolute atomic E-state index is 13.4. The summed E-state index contributed by atoms with van der Waals surface area (Å²) in [5.74, 6) is -1.91. The summed E-state index contributed by atoms with van der Waals surface area (Å²) in [7, 11) is 1.54. The van der Waals surface area contributed by atoms with Crippen molar-refractivity contribution in [2.45, 2.75) is 13.0 Å². The van der Waals surface area contributed by atoms with Gasteiger partial charge in [-0.3, -0.25) is 4.79 Å². The Kier molecular flexibility index (Phi) is 5.36. The van der Waals surface area contributed by atoms with Crippen LogP contribution in [-0.4, -0.2) is 18.1 Å². The quantitative estimate of drug-likeness (QED) is 0.700. The van der Waals surface area contributed by atoms with E-state index in [9.17, 15) is 13.6 Å². The minimum absolute atomic E-state index is 0.145. The number of hydrogen-bond acceptors (Lipinski definition) is 3. The predicted molar refractivity (Wildman–Crippen MR) is 102 cm³/mol. The summed E-state index contributed by atoms with van der Waals surface area (Å²) in [5, 5.41) is 8.94. The number of anilines is 1. The molecule has 27 heavy (non-hydrogen) atoms. The highest BCUT2D eigenvalue weighted by molar-refractivity contribution is 7.80. The molecule has 140 valence electrons. The predicted octanol–water partition coefficient (Wildman–Crippen LogP) is 3.40. The van der Waals surface area contributed by atoms with E-state index >= 15 is 0 Å². The van der Waals surface area contributed by atoms with Crippen LogP contribution in [0, 0.1) is 11.6 Å². The van der Waals surface area contributed by atoms with Crippen LogP contribution < -0.4 is 20.7 Å². The van der Waals surface area contributed by atoms with Crippen molar-refractivity contribution in [1.82, 2.24) is 10.6 Å². The summed E-state index contributed by atoms with van der Waals surface area (Å²) >= 11 is 5.22. The van der Waals surface area contributed by atoms with E-state index in [-0.39, 0.29) is 5.69 Å². The van der Waals surface area contributed by atoms with Gasteiger partial charge in [-0.15, -0.1) is 0 Å². The fourth-order valence-electron chi connectivity index (χ4n) is 2.91. The largest absolute Gasteiger partial charge is 0.496 e. The number of benzene rings is 2. The van der Waals surface area contributed by atoms with Crippen LogP contribution in [0.15, 0.2) is 53.7 Å². The van der Waals surface area contributed by atoms with E-state index in [1.54, 1.807) is 13.0 Å². The van der Waals surface area contributed by atoms with Gasteiger partial charge in [0.1, 0.15) is 5.75 Å². The average Bonchev–Trinajstić information content (AvgIpc) is 2.64. The number of amides is 1. The second-order valence-electron chi connectivity index (χ2n) is 5.90. The molecule has 0 fully saturated rings. The Labute approximate surface area is 160 Å². The first kappa shape index (κ1) is 18.8.